The molecule has 2 N–H and O–H groups in total. The van der Waals surface area contributed by atoms with Crippen LogP contribution in [0.25, 0.3) is 10.8 Å². The molecule has 0 fully saturated rings. The van der Waals surface area contributed by atoms with Crippen molar-refractivity contribution in [3.8, 4) is 0 Å². The third-order valence-corrected chi connectivity index (χ3v) is 4.07. The predicted molar refractivity (Wildman–Crippen MR) is 91.0 cm³/mol. The molecule has 2 heterocycles. The highest BCUT2D eigenvalue weighted by Crippen LogP contribution is 2.29. The van der Waals surface area contributed by atoms with E-state index in [1.165, 1.54) is 25.4 Å². The van der Waals surface area contributed by atoms with E-state index in [-0.39, 0.29) is 16.8 Å². The number of pyridine rings is 1. The molecule has 0 radical (unpaired) electrons. The lowest BCUT2D eigenvalue weighted by atomic mass is 10.0. The molecule has 9 heteroatoms. The lowest BCUT2D eigenvalue weighted by Crippen LogP contribution is -2.24. The van der Waals surface area contributed by atoms with Gasteiger partial charge in [0.15, 0.2) is 5.82 Å². The Hall–Kier alpha value is -3.10. The maximum Gasteiger partial charge on any atom is 0.274 e. The fraction of sp³-hybridized carbons (Fsp3) is 0.235. The molecule has 0 bridgehead atoms. The summed E-state index contributed by atoms with van der Waals surface area (Å²) in [5, 5.41) is 7.48. The molecule has 0 aliphatic heterocycles. The molecular formula is C17H15F3N4O2. The van der Waals surface area contributed by atoms with Gasteiger partial charge in [-0.25, -0.2) is 17.9 Å². The van der Waals surface area contributed by atoms with Gasteiger partial charge in [-0.2, -0.15) is 5.10 Å². The molecule has 0 saturated carbocycles. The topological polar surface area (TPSA) is 79.8 Å². The van der Waals surface area contributed by atoms with Gasteiger partial charge in [0.25, 0.3) is 12.0 Å². The highest BCUT2D eigenvalue weighted by molar-refractivity contribution is 5.90. The number of nitrogens with zero attached hydrogens (tertiary/aromatic N) is 2. The van der Waals surface area contributed by atoms with Crippen LogP contribution in [0.3, 0.4) is 0 Å². The third-order valence-electron chi connectivity index (χ3n) is 4.07. The Kier molecular flexibility index (Phi) is 4.54. The van der Waals surface area contributed by atoms with E-state index in [2.05, 4.69) is 15.4 Å². The van der Waals surface area contributed by atoms with Crippen molar-refractivity contribution in [2.45, 2.75) is 19.4 Å². The van der Waals surface area contributed by atoms with E-state index in [4.69, 9.17) is 0 Å². The monoisotopic (exact) mass is 364 g/mol. The van der Waals surface area contributed by atoms with E-state index in [0.717, 1.165) is 16.8 Å². The molecule has 136 valence electrons. The van der Waals surface area contributed by atoms with Crippen molar-refractivity contribution >= 4 is 16.6 Å². The van der Waals surface area contributed by atoms with Crippen molar-refractivity contribution in [1.29, 1.82) is 0 Å². The lowest BCUT2D eigenvalue weighted by molar-refractivity contribution is 0.146. The number of benzene rings is 1. The van der Waals surface area contributed by atoms with Gasteiger partial charge in [0.2, 0.25) is 5.56 Å². The number of H-pyrrole nitrogens is 1. The molecule has 0 spiro atoms. The number of aromatic amines is 1. The van der Waals surface area contributed by atoms with Crippen molar-refractivity contribution in [3.63, 3.8) is 0 Å². The SMILES string of the molecule is C[C@@H](Nc1nn(C)c(=O)c2cc(=O)[nH]cc12)c1cccc(C(F)F)c1F. The van der Waals surface area contributed by atoms with Crippen LogP contribution in [0.4, 0.5) is 19.0 Å². The van der Waals surface area contributed by atoms with Crippen molar-refractivity contribution in [2.75, 3.05) is 5.32 Å². The fourth-order valence-corrected chi connectivity index (χ4v) is 2.73. The number of hydrogen-bond acceptors (Lipinski definition) is 4. The van der Waals surface area contributed by atoms with Crippen LogP contribution < -0.4 is 16.4 Å². The van der Waals surface area contributed by atoms with E-state index in [1.807, 2.05) is 0 Å². The summed E-state index contributed by atoms with van der Waals surface area (Å²) in [5.41, 5.74) is -1.56. The zero-order valence-corrected chi connectivity index (χ0v) is 13.9. The minimum absolute atomic E-state index is 0.0380. The molecule has 0 saturated heterocycles. The number of halogens is 3. The second kappa shape index (κ2) is 6.66. The summed E-state index contributed by atoms with van der Waals surface area (Å²) < 4.78 is 41.2. The van der Waals surface area contributed by atoms with Gasteiger partial charge in [-0.05, 0) is 6.92 Å². The summed E-state index contributed by atoms with van der Waals surface area (Å²) in [5.74, 6) is -0.780. The summed E-state index contributed by atoms with van der Waals surface area (Å²) in [6.07, 6.45) is -1.60. The van der Waals surface area contributed by atoms with Gasteiger partial charge in [-0.1, -0.05) is 18.2 Å². The second-order valence-corrected chi connectivity index (χ2v) is 5.82. The van der Waals surface area contributed by atoms with Gasteiger partial charge in [0.05, 0.1) is 17.0 Å². The summed E-state index contributed by atoms with van der Waals surface area (Å²) >= 11 is 0. The van der Waals surface area contributed by atoms with E-state index < -0.39 is 35.0 Å². The van der Waals surface area contributed by atoms with Crippen molar-refractivity contribution in [2.24, 2.45) is 7.05 Å². The summed E-state index contributed by atoms with van der Waals surface area (Å²) in [6, 6.07) is 4.20. The Morgan fingerprint density at radius 2 is 1.88 bits per heavy atom. The van der Waals surface area contributed by atoms with Gasteiger partial charge >= 0.3 is 0 Å². The molecule has 1 atom stereocenters. The van der Waals surface area contributed by atoms with E-state index in [0.29, 0.717) is 5.39 Å². The average molecular weight is 364 g/mol. The van der Waals surface area contributed by atoms with Gasteiger partial charge < -0.3 is 10.3 Å². The Morgan fingerprint density at radius 3 is 2.58 bits per heavy atom. The van der Waals surface area contributed by atoms with Crippen LogP contribution >= 0.6 is 0 Å². The van der Waals surface area contributed by atoms with E-state index in [9.17, 15) is 22.8 Å². The minimum atomic E-state index is -2.93. The maximum atomic E-state index is 14.3. The smallest absolute Gasteiger partial charge is 0.274 e. The number of rotatable bonds is 4. The number of aryl methyl sites for hydroxylation is 1. The highest BCUT2D eigenvalue weighted by atomic mass is 19.3. The van der Waals surface area contributed by atoms with Crippen molar-refractivity contribution in [1.82, 2.24) is 14.8 Å². The highest BCUT2D eigenvalue weighted by Gasteiger charge is 2.20. The standard InChI is InChI=1S/C17H15F3N4O2/c1-8(9-4-3-5-10(14(9)18)15(19)20)22-16-12-7-21-13(25)6-11(12)17(26)24(2)23-16/h3-8,15H,1-2H3,(H,21,25)(H,22,23)/t8-/m1/s1. The Balaban J connectivity index is 2.07. The van der Waals surface area contributed by atoms with Crippen molar-refractivity contribution < 1.29 is 13.2 Å². The van der Waals surface area contributed by atoms with Crippen LogP contribution in [0.5, 0.6) is 0 Å². The van der Waals surface area contributed by atoms with E-state index in [1.54, 1.807) is 6.92 Å². The molecule has 6 nitrogen and oxygen atoms in total. The van der Waals surface area contributed by atoms with Gasteiger partial charge in [0, 0.05) is 30.3 Å². The zero-order valence-electron chi connectivity index (χ0n) is 13.9. The molecule has 0 aliphatic carbocycles. The molecule has 1 aromatic carbocycles. The maximum absolute atomic E-state index is 14.3. The first kappa shape index (κ1) is 17.7. The first-order valence-electron chi connectivity index (χ1n) is 7.72. The first-order valence-corrected chi connectivity index (χ1v) is 7.72. The largest absolute Gasteiger partial charge is 0.361 e. The van der Waals surface area contributed by atoms with Crippen LogP contribution in [0.2, 0.25) is 0 Å². The summed E-state index contributed by atoms with van der Waals surface area (Å²) in [7, 11) is 1.41. The van der Waals surface area contributed by atoms with Gasteiger partial charge in [-0.3, -0.25) is 9.59 Å². The van der Waals surface area contributed by atoms with Gasteiger partial charge in [0.1, 0.15) is 5.82 Å². The number of nitrogens with one attached hydrogen (secondary N) is 2. The summed E-state index contributed by atoms with van der Waals surface area (Å²) in [6.45, 7) is 1.58. The number of aromatic nitrogens is 3. The minimum Gasteiger partial charge on any atom is -0.361 e. The first-order chi connectivity index (χ1) is 12.3. The number of fused-ring (bicyclic) bond motifs is 1. The predicted octanol–water partition coefficient (Wildman–Crippen LogP) is 2.87. The molecule has 0 unspecified atom stereocenters. The number of alkyl halides is 2. The van der Waals surface area contributed by atoms with Gasteiger partial charge in [-0.15, -0.1) is 0 Å². The molecular weight excluding hydrogens is 349 g/mol. The number of hydrogen-bond donors (Lipinski definition) is 2. The summed E-state index contributed by atoms with van der Waals surface area (Å²) in [4.78, 5) is 26.1. The van der Waals surface area contributed by atoms with Crippen LogP contribution in [0.15, 0.2) is 40.1 Å². The van der Waals surface area contributed by atoms with E-state index >= 15 is 0 Å². The third kappa shape index (κ3) is 3.07. The average Bonchev–Trinajstić information content (AvgIpc) is 2.59. The normalized spacial score (nSPS) is 12.5. The zero-order chi connectivity index (χ0) is 19.0. The number of anilines is 1. The Bertz CT molecular complexity index is 1090. The van der Waals surface area contributed by atoms with Crippen LogP contribution in [-0.4, -0.2) is 14.8 Å². The van der Waals surface area contributed by atoms with Crippen LogP contribution in [0.1, 0.15) is 30.5 Å². The molecule has 3 rings (SSSR count). The second-order valence-electron chi connectivity index (χ2n) is 5.82. The molecule has 0 amide bonds. The quantitative estimate of drug-likeness (QED) is 0.746. The molecule has 26 heavy (non-hydrogen) atoms. The Morgan fingerprint density at radius 1 is 1.19 bits per heavy atom. The molecule has 3 aromatic rings. The van der Waals surface area contributed by atoms with Crippen LogP contribution in [-0.2, 0) is 7.05 Å². The fourth-order valence-electron chi connectivity index (χ4n) is 2.73. The van der Waals surface area contributed by atoms with Crippen LogP contribution in [0, 0.1) is 5.82 Å². The molecule has 2 aromatic heterocycles. The molecule has 0 aliphatic rings. The van der Waals surface area contributed by atoms with Crippen molar-refractivity contribution in [3.05, 3.63) is 68.1 Å². The lowest BCUT2D eigenvalue weighted by Gasteiger charge is -2.18. The Labute approximate surface area is 145 Å².